The minimum absolute atomic E-state index is 0.0845. The summed E-state index contributed by atoms with van der Waals surface area (Å²) in [4.78, 5) is 11.0. The summed E-state index contributed by atoms with van der Waals surface area (Å²) in [6, 6.07) is 3.18. The first-order valence-electron chi connectivity index (χ1n) is 4.56. The third kappa shape index (κ3) is 2.30. The van der Waals surface area contributed by atoms with Crippen LogP contribution in [0.2, 0.25) is 0 Å². The van der Waals surface area contributed by atoms with Crippen LogP contribution in [0.25, 0.3) is 0 Å². The van der Waals surface area contributed by atoms with Gasteiger partial charge in [-0.1, -0.05) is 31.6 Å². The van der Waals surface area contributed by atoms with Crippen LogP contribution in [0.5, 0.6) is 0 Å². The van der Waals surface area contributed by atoms with Crippen LogP contribution < -0.4 is 5.73 Å². The molecule has 1 heterocycles. The average Bonchev–Trinajstić information content (AvgIpc) is 2.64. The topological polar surface area (TPSA) is 69.2 Å². The van der Waals surface area contributed by atoms with E-state index in [0.717, 1.165) is 11.3 Å². The molecule has 0 spiro atoms. The lowest BCUT2D eigenvalue weighted by molar-refractivity contribution is -0.380. The zero-order valence-corrected chi connectivity index (χ0v) is 9.08. The van der Waals surface area contributed by atoms with Gasteiger partial charge < -0.3 is 5.73 Å². The zero-order valence-electron chi connectivity index (χ0n) is 8.27. The molecule has 0 aliphatic heterocycles. The number of nitrogens with two attached hydrogens (primary N) is 1. The molecule has 0 bridgehead atoms. The molecule has 0 aliphatic carbocycles. The number of nitrogens with zero attached hydrogens (tertiary/aromatic N) is 1. The van der Waals surface area contributed by atoms with Crippen molar-refractivity contribution in [2.24, 2.45) is 11.7 Å². The van der Waals surface area contributed by atoms with Gasteiger partial charge >= 0.3 is 5.00 Å². The first kappa shape index (κ1) is 11.1. The molecule has 1 aromatic rings. The van der Waals surface area contributed by atoms with Crippen LogP contribution in [0.15, 0.2) is 12.1 Å². The van der Waals surface area contributed by atoms with Gasteiger partial charge in [-0.3, -0.25) is 10.1 Å². The summed E-state index contributed by atoms with van der Waals surface area (Å²) in [7, 11) is 0. The van der Waals surface area contributed by atoms with Gasteiger partial charge in [0, 0.05) is 17.0 Å². The normalized spacial score (nSPS) is 15.1. The minimum Gasteiger partial charge on any atom is -0.323 e. The quantitative estimate of drug-likeness (QED) is 0.618. The van der Waals surface area contributed by atoms with Gasteiger partial charge in [0.2, 0.25) is 0 Å². The Morgan fingerprint density at radius 2 is 2.29 bits per heavy atom. The fourth-order valence-corrected chi connectivity index (χ4v) is 2.11. The number of nitro groups is 1. The summed E-state index contributed by atoms with van der Waals surface area (Å²) in [5, 5.41) is 10.6. The second-order valence-corrected chi connectivity index (χ2v) is 4.44. The van der Waals surface area contributed by atoms with Gasteiger partial charge in [0.05, 0.1) is 4.92 Å². The lowest BCUT2D eigenvalue weighted by Gasteiger charge is -2.15. The molecule has 4 nitrogen and oxygen atoms in total. The lowest BCUT2D eigenvalue weighted by atomic mass is 9.99. The van der Waals surface area contributed by atoms with Gasteiger partial charge in [0.25, 0.3) is 0 Å². The standard InChI is InChI=1S/C9H14N2O2S/c1-3-6(2)9(10)7-4-5-8(14-7)11(12)13/h4-6,9H,3,10H2,1-2H3/t6?,9-/m0/s1. The van der Waals surface area contributed by atoms with Crippen molar-refractivity contribution in [3.63, 3.8) is 0 Å². The minimum atomic E-state index is -0.377. The van der Waals surface area contributed by atoms with Crippen LogP contribution in [-0.4, -0.2) is 4.92 Å². The lowest BCUT2D eigenvalue weighted by Crippen LogP contribution is -2.16. The number of hydrogen-bond acceptors (Lipinski definition) is 4. The van der Waals surface area contributed by atoms with E-state index in [-0.39, 0.29) is 16.0 Å². The van der Waals surface area contributed by atoms with Crippen LogP contribution in [0.3, 0.4) is 0 Å². The molecule has 0 fully saturated rings. The van der Waals surface area contributed by atoms with E-state index in [1.807, 2.05) is 0 Å². The van der Waals surface area contributed by atoms with Crippen molar-refractivity contribution in [2.75, 3.05) is 0 Å². The summed E-state index contributed by atoms with van der Waals surface area (Å²) < 4.78 is 0. The second kappa shape index (κ2) is 4.52. The molecule has 14 heavy (non-hydrogen) atoms. The highest BCUT2D eigenvalue weighted by atomic mass is 32.1. The van der Waals surface area contributed by atoms with Gasteiger partial charge in [0.15, 0.2) is 0 Å². The highest BCUT2D eigenvalue weighted by Crippen LogP contribution is 2.31. The van der Waals surface area contributed by atoms with E-state index >= 15 is 0 Å². The van der Waals surface area contributed by atoms with Crippen LogP contribution in [-0.2, 0) is 0 Å². The third-order valence-corrected chi connectivity index (χ3v) is 3.52. The van der Waals surface area contributed by atoms with E-state index in [0.29, 0.717) is 5.92 Å². The number of rotatable bonds is 4. The predicted molar refractivity (Wildman–Crippen MR) is 57.4 cm³/mol. The maximum absolute atomic E-state index is 10.5. The van der Waals surface area contributed by atoms with Crippen molar-refractivity contribution in [3.8, 4) is 0 Å². The Labute approximate surface area is 86.9 Å². The molecule has 0 amide bonds. The summed E-state index contributed by atoms with van der Waals surface area (Å²) in [5.41, 5.74) is 5.95. The molecular formula is C9H14N2O2S. The Kier molecular flexibility index (Phi) is 3.60. The molecule has 1 aromatic heterocycles. The molecule has 78 valence electrons. The summed E-state index contributed by atoms with van der Waals surface area (Å²) >= 11 is 1.17. The van der Waals surface area contributed by atoms with Crippen molar-refractivity contribution in [1.82, 2.24) is 0 Å². The van der Waals surface area contributed by atoms with Gasteiger partial charge in [-0.15, -0.1) is 0 Å². The molecule has 0 saturated carbocycles. The van der Waals surface area contributed by atoms with E-state index < -0.39 is 0 Å². The highest BCUT2D eigenvalue weighted by Gasteiger charge is 2.18. The van der Waals surface area contributed by atoms with Crippen molar-refractivity contribution in [1.29, 1.82) is 0 Å². The Balaban J connectivity index is 2.81. The van der Waals surface area contributed by atoms with Crippen molar-refractivity contribution in [3.05, 3.63) is 27.1 Å². The van der Waals surface area contributed by atoms with Crippen molar-refractivity contribution in [2.45, 2.75) is 26.3 Å². The molecule has 1 unspecified atom stereocenters. The Bertz CT molecular complexity index is 324. The van der Waals surface area contributed by atoms with Crippen LogP contribution in [0.1, 0.15) is 31.2 Å². The predicted octanol–water partition coefficient (Wildman–Crippen LogP) is 2.70. The first-order valence-corrected chi connectivity index (χ1v) is 5.37. The van der Waals surface area contributed by atoms with E-state index in [1.165, 1.54) is 17.4 Å². The second-order valence-electron chi connectivity index (χ2n) is 3.34. The fraction of sp³-hybridized carbons (Fsp3) is 0.556. The molecule has 0 radical (unpaired) electrons. The molecule has 5 heteroatoms. The third-order valence-electron chi connectivity index (χ3n) is 2.38. The SMILES string of the molecule is CCC(C)[C@H](N)c1ccc([N+](=O)[O-])s1. The summed E-state index contributed by atoms with van der Waals surface area (Å²) in [5.74, 6) is 0.355. The maximum Gasteiger partial charge on any atom is 0.324 e. The molecular weight excluding hydrogens is 200 g/mol. The summed E-state index contributed by atoms with van der Waals surface area (Å²) in [6.07, 6.45) is 0.979. The zero-order chi connectivity index (χ0) is 10.7. The van der Waals surface area contributed by atoms with Crippen LogP contribution in [0, 0.1) is 16.0 Å². The van der Waals surface area contributed by atoms with Gasteiger partial charge in [-0.25, -0.2) is 0 Å². The van der Waals surface area contributed by atoms with Crippen LogP contribution >= 0.6 is 11.3 Å². The Morgan fingerprint density at radius 1 is 1.64 bits per heavy atom. The van der Waals surface area contributed by atoms with Gasteiger partial charge in [-0.2, -0.15) is 0 Å². The average molecular weight is 214 g/mol. The summed E-state index contributed by atoms with van der Waals surface area (Å²) in [6.45, 7) is 4.11. The number of hydrogen-bond donors (Lipinski definition) is 1. The molecule has 2 N–H and O–H groups in total. The number of thiophene rings is 1. The van der Waals surface area contributed by atoms with Crippen molar-refractivity contribution < 1.29 is 4.92 Å². The van der Waals surface area contributed by atoms with E-state index in [1.54, 1.807) is 6.07 Å². The monoisotopic (exact) mass is 214 g/mol. The van der Waals surface area contributed by atoms with Crippen LogP contribution in [0.4, 0.5) is 5.00 Å². The largest absolute Gasteiger partial charge is 0.324 e. The highest BCUT2D eigenvalue weighted by molar-refractivity contribution is 7.15. The first-order chi connectivity index (χ1) is 6.56. The Hall–Kier alpha value is -0.940. The molecule has 0 aliphatic rings. The van der Waals surface area contributed by atoms with E-state index in [2.05, 4.69) is 13.8 Å². The Morgan fingerprint density at radius 3 is 2.71 bits per heavy atom. The smallest absolute Gasteiger partial charge is 0.323 e. The van der Waals surface area contributed by atoms with E-state index in [4.69, 9.17) is 5.73 Å². The maximum atomic E-state index is 10.5. The molecule has 2 atom stereocenters. The van der Waals surface area contributed by atoms with Gasteiger partial charge in [0.1, 0.15) is 0 Å². The van der Waals surface area contributed by atoms with Gasteiger partial charge in [-0.05, 0) is 12.0 Å². The molecule has 0 saturated heterocycles. The fourth-order valence-electron chi connectivity index (χ4n) is 1.15. The molecule has 1 rings (SSSR count). The molecule has 0 aromatic carbocycles. The van der Waals surface area contributed by atoms with Crippen molar-refractivity contribution >= 4 is 16.3 Å². The van der Waals surface area contributed by atoms with E-state index in [9.17, 15) is 10.1 Å².